The Kier molecular flexibility index (Phi) is 7.36. The molecule has 9 heteroatoms. The van der Waals surface area contributed by atoms with Gasteiger partial charge >= 0.3 is 5.97 Å². The minimum absolute atomic E-state index is 0.0251. The second-order valence-electron chi connectivity index (χ2n) is 10.8. The summed E-state index contributed by atoms with van der Waals surface area (Å²) in [6.45, 7) is 0. The summed E-state index contributed by atoms with van der Waals surface area (Å²) in [5, 5.41) is 11.5. The first-order valence-electron chi connectivity index (χ1n) is 13.3. The van der Waals surface area contributed by atoms with E-state index in [0.717, 1.165) is 25.7 Å². The summed E-state index contributed by atoms with van der Waals surface area (Å²) in [4.78, 5) is 28.8. The number of aromatic nitrogens is 1. The molecule has 0 radical (unpaired) electrons. The van der Waals surface area contributed by atoms with Crippen molar-refractivity contribution in [2.45, 2.75) is 93.0 Å². The average Bonchev–Trinajstić information content (AvgIpc) is 3.76. The van der Waals surface area contributed by atoms with Crippen molar-refractivity contribution in [1.82, 2.24) is 4.98 Å². The van der Waals surface area contributed by atoms with Gasteiger partial charge in [0.05, 0.1) is 21.8 Å². The van der Waals surface area contributed by atoms with Gasteiger partial charge in [0, 0.05) is 6.20 Å². The summed E-state index contributed by atoms with van der Waals surface area (Å²) in [6, 6.07) is 9.26. The van der Waals surface area contributed by atoms with E-state index in [1.54, 1.807) is 24.3 Å². The molecule has 0 bridgehead atoms. The summed E-state index contributed by atoms with van der Waals surface area (Å²) < 4.78 is 31.7. The molecular formula is C28H34N2O6S. The van der Waals surface area contributed by atoms with Crippen molar-refractivity contribution in [1.29, 1.82) is 0 Å². The molecular weight excluding hydrogens is 492 g/mol. The Morgan fingerprint density at radius 3 is 2.19 bits per heavy atom. The Balaban J connectivity index is 1.33. The monoisotopic (exact) mass is 526 g/mol. The van der Waals surface area contributed by atoms with Gasteiger partial charge in [0.15, 0.2) is 15.9 Å². The second-order valence-corrected chi connectivity index (χ2v) is 13.0. The molecule has 3 aliphatic rings. The van der Waals surface area contributed by atoms with E-state index in [2.05, 4.69) is 10.3 Å². The average molecular weight is 527 g/mol. The van der Waals surface area contributed by atoms with Crippen LogP contribution in [-0.2, 0) is 19.4 Å². The molecule has 3 saturated carbocycles. The number of anilines is 1. The number of aromatic carboxylic acids is 1. The van der Waals surface area contributed by atoms with E-state index in [9.17, 15) is 18.0 Å². The number of sulfone groups is 1. The van der Waals surface area contributed by atoms with Gasteiger partial charge in [-0.05, 0) is 86.6 Å². The normalized spacial score (nSPS) is 20.9. The first-order valence-corrected chi connectivity index (χ1v) is 14.8. The molecule has 1 atom stereocenters. The number of benzene rings is 1. The Labute approximate surface area is 217 Å². The molecule has 8 nitrogen and oxygen atoms in total. The molecule has 1 heterocycles. The smallest absolute Gasteiger partial charge is 0.337 e. The van der Waals surface area contributed by atoms with Crippen LogP contribution in [0.2, 0.25) is 0 Å². The van der Waals surface area contributed by atoms with Crippen molar-refractivity contribution < 1.29 is 27.9 Å². The predicted octanol–water partition coefficient (Wildman–Crippen LogP) is 5.31. The highest BCUT2D eigenvalue weighted by atomic mass is 32.2. The summed E-state index contributed by atoms with van der Waals surface area (Å²) in [6.07, 6.45) is 12.0. The molecule has 0 saturated heterocycles. The van der Waals surface area contributed by atoms with Gasteiger partial charge in [0.2, 0.25) is 0 Å². The summed E-state index contributed by atoms with van der Waals surface area (Å²) in [5.74, 6) is -1.30. The van der Waals surface area contributed by atoms with Crippen molar-refractivity contribution in [3.8, 4) is 0 Å². The molecule has 3 aliphatic carbocycles. The minimum Gasteiger partial charge on any atom is -0.478 e. The molecule has 1 aromatic heterocycles. The van der Waals surface area contributed by atoms with Gasteiger partial charge in [0.1, 0.15) is 5.82 Å². The number of carbonyl (C=O) groups excluding carboxylic acids is 1. The molecule has 2 aromatic rings. The lowest BCUT2D eigenvalue weighted by atomic mass is 9.65. The van der Waals surface area contributed by atoms with E-state index in [0.29, 0.717) is 23.8 Å². The van der Waals surface area contributed by atoms with Crippen molar-refractivity contribution in [2.75, 3.05) is 5.32 Å². The highest BCUT2D eigenvalue weighted by Crippen LogP contribution is 2.48. The Morgan fingerprint density at radius 2 is 1.62 bits per heavy atom. The van der Waals surface area contributed by atoms with Crippen molar-refractivity contribution in [3.05, 3.63) is 53.7 Å². The minimum atomic E-state index is -3.33. The molecule has 1 amide bonds. The topological polar surface area (TPSA) is 123 Å². The Bertz CT molecular complexity index is 1220. The van der Waals surface area contributed by atoms with Crippen LogP contribution >= 0.6 is 0 Å². The fraction of sp³-hybridized carbons (Fsp3) is 0.536. The second kappa shape index (κ2) is 10.5. The zero-order valence-electron chi connectivity index (χ0n) is 20.9. The van der Waals surface area contributed by atoms with Crippen molar-refractivity contribution in [2.24, 2.45) is 5.41 Å². The van der Waals surface area contributed by atoms with E-state index in [-0.39, 0.29) is 27.6 Å². The van der Waals surface area contributed by atoms with Gasteiger partial charge in [-0.15, -0.1) is 0 Å². The highest BCUT2D eigenvalue weighted by Gasteiger charge is 2.39. The van der Waals surface area contributed by atoms with Crippen LogP contribution in [0.25, 0.3) is 0 Å². The predicted molar refractivity (Wildman–Crippen MR) is 138 cm³/mol. The Hall–Kier alpha value is -2.78. The van der Waals surface area contributed by atoms with Gasteiger partial charge in [-0.3, -0.25) is 4.79 Å². The third-order valence-corrected chi connectivity index (χ3v) is 10.5. The van der Waals surface area contributed by atoms with Crippen LogP contribution in [0.1, 0.15) is 92.7 Å². The quantitative estimate of drug-likeness (QED) is 0.478. The van der Waals surface area contributed by atoms with E-state index in [1.165, 1.54) is 50.4 Å². The number of rotatable bonds is 8. The molecule has 1 spiro atoms. The lowest BCUT2D eigenvalue weighted by molar-refractivity contribution is -0.135. The number of ether oxygens (including phenoxy) is 1. The van der Waals surface area contributed by atoms with Crippen molar-refractivity contribution >= 4 is 27.5 Å². The van der Waals surface area contributed by atoms with E-state index in [4.69, 9.17) is 9.84 Å². The summed E-state index contributed by atoms with van der Waals surface area (Å²) in [7, 11) is -3.33. The number of nitrogens with one attached hydrogen (secondary N) is 1. The number of nitrogens with zero attached hydrogens (tertiary/aromatic N) is 1. The van der Waals surface area contributed by atoms with E-state index < -0.39 is 27.8 Å². The third-order valence-electron chi connectivity index (χ3n) is 8.21. The molecule has 1 unspecified atom stereocenters. The van der Waals surface area contributed by atoms with Gasteiger partial charge < -0.3 is 15.2 Å². The molecule has 37 heavy (non-hydrogen) atoms. The number of carbonyl (C=O) groups is 2. The van der Waals surface area contributed by atoms with Crippen LogP contribution in [-0.4, -0.2) is 41.7 Å². The zero-order valence-corrected chi connectivity index (χ0v) is 21.7. The van der Waals surface area contributed by atoms with E-state index >= 15 is 0 Å². The molecule has 1 aromatic carbocycles. The molecule has 3 fully saturated rings. The number of amides is 1. The fourth-order valence-electron chi connectivity index (χ4n) is 5.81. The standard InChI is InChI=1S/C28H34N2O6S/c31-26(30-24-11-6-20(18-29-24)27(32)33)25(19-4-7-22(8-5-19)37(34,35)23-9-10-23)36-21-12-16-28(17-13-21)14-2-1-3-15-28/h4-8,11,18,21,23,25H,1-3,9-10,12-17H2,(H,32,33)(H,29,30,31). The SMILES string of the molecule is O=C(O)c1ccc(NC(=O)C(OC2CCC3(CCCCC3)CC2)c2ccc(S(=O)(=O)C3CC3)cc2)nc1. The van der Waals surface area contributed by atoms with Crippen molar-refractivity contribution in [3.63, 3.8) is 0 Å². The number of hydrogen-bond acceptors (Lipinski definition) is 6. The number of pyridine rings is 1. The Morgan fingerprint density at radius 1 is 0.946 bits per heavy atom. The van der Waals surface area contributed by atoms with Crippen LogP contribution < -0.4 is 5.32 Å². The zero-order chi connectivity index (χ0) is 26.0. The molecule has 198 valence electrons. The van der Waals surface area contributed by atoms with Crippen LogP contribution in [0.5, 0.6) is 0 Å². The number of carboxylic acid groups (broad SMARTS) is 1. The maximum absolute atomic E-state index is 13.4. The summed E-state index contributed by atoms with van der Waals surface area (Å²) in [5.41, 5.74) is 1.02. The van der Waals surface area contributed by atoms with Crippen LogP contribution in [0, 0.1) is 5.41 Å². The van der Waals surface area contributed by atoms with E-state index in [1.807, 2.05) is 0 Å². The highest BCUT2D eigenvalue weighted by molar-refractivity contribution is 7.92. The van der Waals surface area contributed by atoms with Gasteiger partial charge in [-0.1, -0.05) is 31.4 Å². The van der Waals surface area contributed by atoms with Crippen LogP contribution in [0.3, 0.4) is 0 Å². The summed E-state index contributed by atoms with van der Waals surface area (Å²) >= 11 is 0. The fourth-order valence-corrected chi connectivity index (χ4v) is 7.47. The lowest BCUT2D eigenvalue weighted by Gasteiger charge is -2.43. The maximum atomic E-state index is 13.4. The third kappa shape index (κ3) is 5.88. The van der Waals surface area contributed by atoms with Crippen LogP contribution in [0.4, 0.5) is 5.82 Å². The van der Waals surface area contributed by atoms with Gasteiger partial charge in [-0.25, -0.2) is 18.2 Å². The first-order chi connectivity index (χ1) is 17.8. The maximum Gasteiger partial charge on any atom is 0.337 e. The van der Waals surface area contributed by atoms with Crippen LogP contribution in [0.15, 0.2) is 47.5 Å². The lowest BCUT2D eigenvalue weighted by Crippen LogP contribution is -2.35. The van der Waals surface area contributed by atoms with Gasteiger partial charge in [-0.2, -0.15) is 0 Å². The van der Waals surface area contributed by atoms with Gasteiger partial charge in [0.25, 0.3) is 5.91 Å². The molecule has 5 rings (SSSR count). The number of carboxylic acids is 1. The largest absolute Gasteiger partial charge is 0.478 e. The first kappa shape index (κ1) is 25.9. The molecule has 0 aliphatic heterocycles. The number of hydrogen-bond donors (Lipinski definition) is 2. The molecule has 2 N–H and O–H groups in total.